The Morgan fingerprint density at radius 2 is 1.79 bits per heavy atom. The number of urea groups is 1. The SMILES string of the molecule is Cc1ccc(C(=O)O)cc1NC(=O)N1C2CCC1CC(OCc1c(-c3ccccc3C)noc1C1CC1)C2. The van der Waals surface area contributed by atoms with Gasteiger partial charge in [-0.25, -0.2) is 9.59 Å². The van der Waals surface area contributed by atoms with Gasteiger partial charge in [0, 0.05) is 34.8 Å². The number of aromatic nitrogens is 1. The molecule has 2 bridgehead atoms. The van der Waals surface area contributed by atoms with Crippen molar-refractivity contribution in [1.82, 2.24) is 10.1 Å². The molecule has 1 saturated carbocycles. The number of amides is 2. The largest absolute Gasteiger partial charge is 0.478 e. The number of hydrogen-bond donors (Lipinski definition) is 2. The molecular formula is C30H33N3O5. The number of carboxylic acid groups (broad SMARTS) is 1. The lowest BCUT2D eigenvalue weighted by Gasteiger charge is -2.38. The summed E-state index contributed by atoms with van der Waals surface area (Å²) in [7, 11) is 0. The Labute approximate surface area is 222 Å². The molecule has 198 valence electrons. The number of nitrogens with one attached hydrogen (secondary N) is 1. The Bertz CT molecular complexity index is 1360. The van der Waals surface area contributed by atoms with Crippen LogP contribution in [0.5, 0.6) is 0 Å². The first-order valence-electron chi connectivity index (χ1n) is 13.5. The Hall–Kier alpha value is -3.65. The molecule has 0 radical (unpaired) electrons. The van der Waals surface area contributed by atoms with Gasteiger partial charge in [0.25, 0.3) is 0 Å². The van der Waals surface area contributed by atoms with Crippen LogP contribution in [0.3, 0.4) is 0 Å². The number of piperidine rings is 1. The smallest absolute Gasteiger partial charge is 0.335 e. The van der Waals surface area contributed by atoms with Gasteiger partial charge < -0.3 is 24.6 Å². The number of hydrogen-bond acceptors (Lipinski definition) is 5. The summed E-state index contributed by atoms with van der Waals surface area (Å²) >= 11 is 0. The molecule has 0 spiro atoms. The number of carbonyl (C=O) groups is 2. The predicted octanol–water partition coefficient (Wildman–Crippen LogP) is 6.28. The molecular weight excluding hydrogens is 482 g/mol. The summed E-state index contributed by atoms with van der Waals surface area (Å²) in [5.74, 6) is 0.382. The normalized spacial score (nSPS) is 22.5. The molecule has 8 heteroatoms. The fraction of sp³-hybridized carbons (Fsp3) is 0.433. The summed E-state index contributed by atoms with van der Waals surface area (Å²) in [6.07, 6.45) is 5.76. The maximum Gasteiger partial charge on any atom is 0.335 e. The van der Waals surface area contributed by atoms with E-state index in [1.807, 2.05) is 24.0 Å². The van der Waals surface area contributed by atoms with Crippen LogP contribution in [-0.2, 0) is 11.3 Å². The first-order valence-corrected chi connectivity index (χ1v) is 13.5. The summed E-state index contributed by atoms with van der Waals surface area (Å²) in [6, 6.07) is 13.0. The second-order valence-corrected chi connectivity index (χ2v) is 10.9. The van der Waals surface area contributed by atoms with Crippen molar-refractivity contribution >= 4 is 17.7 Å². The Balaban J connectivity index is 1.14. The molecule has 3 aromatic rings. The summed E-state index contributed by atoms with van der Waals surface area (Å²) in [6.45, 7) is 4.40. The molecule has 2 N–H and O–H groups in total. The number of aryl methyl sites for hydroxylation is 2. The fourth-order valence-corrected chi connectivity index (χ4v) is 6.04. The zero-order valence-electron chi connectivity index (χ0n) is 21.8. The molecule has 1 aromatic heterocycles. The van der Waals surface area contributed by atoms with Crippen LogP contribution in [0.15, 0.2) is 47.0 Å². The Morgan fingerprint density at radius 1 is 1.05 bits per heavy atom. The lowest BCUT2D eigenvalue weighted by molar-refractivity contribution is -0.0158. The Kier molecular flexibility index (Phi) is 6.43. The zero-order valence-corrected chi connectivity index (χ0v) is 21.8. The van der Waals surface area contributed by atoms with Crippen molar-refractivity contribution in [3.63, 3.8) is 0 Å². The van der Waals surface area contributed by atoms with Gasteiger partial charge in [-0.2, -0.15) is 0 Å². The van der Waals surface area contributed by atoms with E-state index in [2.05, 4.69) is 29.5 Å². The van der Waals surface area contributed by atoms with E-state index in [0.717, 1.165) is 72.2 Å². The van der Waals surface area contributed by atoms with E-state index in [1.165, 1.54) is 6.07 Å². The van der Waals surface area contributed by atoms with E-state index in [1.54, 1.807) is 12.1 Å². The van der Waals surface area contributed by atoms with Crippen molar-refractivity contribution in [2.24, 2.45) is 0 Å². The molecule has 3 aliphatic rings. The highest BCUT2D eigenvalue weighted by Crippen LogP contribution is 2.45. The number of ether oxygens (including phenoxy) is 1. The van der Waals surface area contributed by atoms with E-state index < -0.39 is 5.97 Å². The van der Waals surface area contributed by atoms with Crippen LogP contribution in [0, 0.1) is 13.8 Å². The van der Waals surface area contributed by atoms with Gasteiger partial charge in [-0.1, -0.05) is 35.5 Å². The molecule has 2 saturated heterocycles. The molecule has 2 amide bonds. The zero-order chi connectivity index (χ0) is 26.4. The van der Waals surface area contributed by atoms with Gasteiger partial charge in [0.15, 0.2) is 0 Å². The minimum absolute atomic E-state index is 0.0558. The summed E-state index contributed by atoms with van der Waals surface area (Å²) in [5.41, 5.74) is 5.70. The van der Waals surface area contributed by atoms with Crippen molar-refractivity contribution in [3.8, 4) is 11.3 Å². The van der Waals surface area contributed by atoms with Crippen molar-refractivity contribution in [2.75, 3.05) is 5.32 Å². The average Bonchev–Trinajstić information content (AvgIpc) is 3.60. The van der Waals surface area contributed by atoms with E-state index in [9.17, 15) is 14.7 Å². The van der Waals surface area contributed by atoms with Crippen LogP contribution in [-0.4, -0.2) is 45.4 Å². The summed E-state index contributed by atoms with van der Waals surface area (Å²) in [5, 5.41) is 16.8. The third kappa shape index (κ3) is 4.69. The molecule has 2 aromatic carbocycles. The van der Waals surface area contributed by atoms with Crippen LogP contribution in [0.25, 0.3) is 11.3 Å². The van der Waals surface area contributed by atoms with Gasteiger partial charge in [-0.3, -0.25) is 0 Å². The quantitative estimate of drug-likeness (QED) is 0.384. The van der Waals surface area contributed by atoms with Gasteiger partial charge in [0.05, 0.1) is 18.3 Å². The first-order chi connectivity index (χ1) is 18.4. The van der Waals surface area contributed by atoms with E-state index in [-0.39, 0.29) is 29.8 Å². The van der Waals surface area contributed by atoms with Crippen LogP contribution < -0.4 is 5.32 Å². The van der Waals surface area contributed by atoms with Crippen LogP contribution >= 0.6 is 0 Å². The van der Waals surface area contributed by atoms with Gasteiger partial charge in [-0.05, 0) is 75.6 Å². The third-order valence-corrected chi connectivity index (χ3v) is 8.28. The molecule has 6 rings (SSSR count). The second-order valence-electron chi connectivity index (χ2n) is 10.9. The van der Waals surface area contributed by atoms with Gasteiger partial charge >= 0.3 is 12.0 Å². The van der Waals surface area contributed by atoms with Crippen molar-refractivity contribution < 1.29 is 24.0 Å². The van der Waals surface area contributed by atoms with E-state index >= 15 is 0 Å². The molecule has 2 aliphatic heterocycles. The molecule has 3 heterocycles. The van der Waals surface area contributed by atoms with E-state index in [0.29, 0.717) is 18.2 Å². The van der Waals surface area contributed by atoms with Gasteiger partial charge in [0.2, 0.25) is 0 Å². The maximum atomic E-state index is 13.3. The van der Waals surface area contributed by atoms with Crippen LogP contribution in [0.2, 0.25) is 0 Å². The highest BCUT2D eigenvalue weighted by atomic mass is 16.5. The molecule has 1 aliphatic carbocycles. The van der Waals surface area contributed by atoms with Crippen LogP contribution in [0.1, 0.15) is 77.3 Å². The van der Waals surface area contributed by atoms with Gasteiger partial charge in [-0.15, -0.1) is 0 Å². The Morgan fingerprint density at radius 3 is 2.47 bits per heavy atom. The topological polar surface area (TPSA) is 105 Å². The fourth-order valence-electron chi connectivity index (χ4n) is 6.04. The lowest BCUT2D eigenvalue weighted by atomic mass is 9.99. The average molecular weight is 516 g/mol. The number of anilines is 1. The third-order valence-electron chi connectivity index (χ3n) is 8.28. The monoisotopic (exact) mass is 515 g/mol. The summed E-state index contributed by atoms with van der Waals surface area (Å²) in [4.78, 5) is 26.6. The van der Waals surface area contributed by atoms with Crippen molar-refractivity contribution in [1.29, 1.82) is 0 Å². The van der Waals surface area contributed by atoms with Crippen molar-refractivity contribution in [2.45, 2.75) is 83.1 Å². The first kappa shape index (κ1) is 24.7. The number of carboxylic acids is 1. The highest BCUT2D eigenvalue weighted by molar-refractivity contribution is 5.94. The number of carbonyl (C=O) groups excluding carboxylic acids is 1. The minimum atomic E-state index is -1.01. The molecule has 2 atom stereocenters. The number of nitrogens with zero attached hydrogens (tertiary/aromatic N) is 2. The number of rotatable bonds is 7. The standard InChI is InChI=1S/C30H33N3O5/c1-17-5-3-4-6-24(17)27-25(28(38-32-27)19-9-10-19)16-37-23-14-21-11-12-22(15-23)33(21)30(36)31-26-13-20(29(34)35)8-7-18(26)2/h3-8,13,19,21-23H,9-12,14-16H2,1-2H3,(H,31,36)(H,34,35). The maximum absolute atomic E-state index is 13.3. The van der Waals surface area contributed by atoms with Gasteiger partial charge in [0.1, 0.15) is 11.5 Å². The molecule has 8 nitrogen and oxygen atoms in total. The molecule has 38 heavy (non-hydrogen) atoms. The van der Waals surface area contributed by atoms with Crippen LogP contribution in [0.4, 0.5) is 10.5 Å². The predicted molar refractivity (Wildman–Crippen MR) is 142 cm³/mol. The number of aromatic carboxylic acids is 1. The highest BCUT2D eigenvalue weighted by Gasteiger charge is 2.44. The minimum Gasteiger partial charge on any atom is -0.478 e. The second kappa shape index (κ2) is 9.91. The molecule has 3 fully saturated rings. The van der Waals surface area contributed by atoms with E-state index in [4.69, 9.17) is 9.26 Å². The lowest BCUT2D eigenvalue weighted by Crippen LogP contribution is -2.50. The number of benzene rings is 2. The molecule has 2 unspecified atom stereocenters. The summed E-state index contributed by atoms with van der Waals surface area (Å²) < 4.78 is 12.3. The number of fused-ring (bicyclic) bond motifs is 2. The van der Waals surface area contributed by atoms with Crippen molar-refractivity contribution in [3.05, 3.63) is 70.5 Å².